The zero-order valence-electron chi connectivity index (χ0n) is 20.0. The monoisotopic (exact) mass is 466 g/mol. The average molecular weight is 466 g/mol. The molecule has 4 rings (SSSR count). The van der Waals surface area contributed by atoms with E-state index in [1.165, 1.54) is 6.07 Å². The molecule has 1 fully saturated rings. The van der Waals surface area contributed by atoms with Crippen LogP contribution in [-0.2, 0) is 20.5 Å². The van der Waals surface area contributed by atoms with Crippen LogP contribution in [0.5, 0.6) is 0 Å². The molecule has 3 aromatic rings. The molecule has 1 N–H and O–H groups in total. The van der Waals surface area contributed by atoms with Crippen molar-refractivity contribution in [1.29, 1.82) is 0 Å². The molecule has 34 heavy (non-hydrogen) atoms. The van der Waals surface area contributed by atoms with Crippen LogP contribution in [0, 0.1) is 12.7 Å². The molecule has 1 aliphatic heterocycles. The Morgan fingerprint density at radius 2 is 1.71 bits per heavy atom. The molecule has 178 valence electrons. The van der Waals surface area contributed by atoms with Gasteiger partial charge < -0.3 is 18.6 Å². The molecule has 0 spiro atoms. The van der Waals surface area contributed by atoms with E-state index < -0.39 is 24.4 Å². The molecule has 0 unspecified atom stereocenters. The molecule has 0 aliphatic carbocycles. The minimum absolute atomic E-state index is 0.0369. The van der Waals surface area contributed by atoms with E-state index in [9.17, 15) is 9.18 Å². The highest BCUT2D eigenvalue weighted by atomic mass is 19.1. The summed E-state index contributed by atoms with van der Waals surface area (Å²) >= 11 is 0. The number of hydrogen-bond donors (Lipinski definition) is 1. The maximum Gasteiger partial charge on any atom is 0.494 e. The van der Waals surface area contributed by atoms with Gasteiger partial charge in [0.25, 0.3) is 0 Å². The lowest BCUT2D eigenvalue weighted by molar-refractivity contribution is 0.00578. The Morgan fingerprint density at radius 1 is 1.06 bits per heavy atom. The lowest BCUT2D eigenvalue weighted by atomic mass is 9.79. The van der Waals surface area contributed by atoms with Crippen molar-refractivity contribution in [2.75, 3.05) is 11.9 Å². The largest absolute Gasteiger partial charge is 0.494 e. The second-order valence-electron chi connectivity index (χ2n) is 9.28. The van der Waals surface area contributed by atoms with Gasteiger partial charge in [0.1, 0.15) is 17.2 Å². The topological polar surface area (TPSA) is 82.8 Å². The van der Waals surface area contributed by atoms with Crippen LogP contribution < -0.4 is 10.8 Å². The van der Waals surface area contributed by atoms with Crippen LogP contribution in [0.2, 0.25) is 0 Å². The van der Waals surface area contributed by atoms with Gasteiger partial charge in [-0.05, 0) is 51.7 Å². The van der Waals surface area contributed by atoms with Crippen LogP contribution in [0.1, 0.15) is 39.0 Å². The van der Waals surface area contributed by atoms with Gasteiger partial charge in [0.2, 0.25) is 0 Å². The second kappa shape index (κ2) is 9.23. The Hall–Kier alpha value is -3.17. The fourth-order valence-corrected chi connectivity index (χ4v) is 3.58. The number of hydrogen-bond acceptors (Lipinski definition) is 6. The highest BCUT2D eigenvalue weighted by molar-refractivity contribution is 6.62. The van der Waals surface area contributed by atoms with Gasteiger partial charge >= 0.3 is 13.2 Å². The number of nitrogens with zero attached hydrogens (tertiary/aromatic N) is 1. The first kappa shape index (κ1) is 24.0. The molecule has 1 aromatic heterocycles. The number of rotatable bonds is 6. The molecule has 0 radical (unpaired) electrons. The first-order chi connectivity index (χ1) is 16.1. The van der Waals surface area contributed by atoms with Crippen molar-refractivity contribution in [1.82, 2.24) is 5.16 Å². The highest BCUT2D eigenvalue weighted by Gasteiger charge is 2.51. The number of amides is 1. The van der Waals surface area contributed by atoms with Crippen LogP contribution in [-0.4, -0.2) is 36.2 Å². The standard InChI is InChI=1S/C25H28BFN2O5/c1-16-21(28-23(30)31-15-14-17-8-6-7-9-20(17)27)22(32-29-16)18-10-12-19(13-11-18)26-33-24(2,3)25(4,5)34-26/h6-13H,14-15H2,1-5H3,(H,28,30). The van der Waals surface area contributed by atoms with Gasteiger partial charge in [-0.15, -0.1) is 0 Å². The van der Waals surface area contributed by atoms with Crippen molar-refractivity contribution in [3.8, 4) is 11.3 Å². The van der Waals surface area contributed by atoms with E-state index in [2.05, 4.69) is 10.5 Å². The third kappa shape index (κ3) is 4.86. The zero-order chi connectivity index (χ0) is 24.5. The third-order valence-electron chi connectivity index (χ3n) is 6.35. The van der Waals surface area contributed by atoms with Gasteiger partial charge in [-0.3, -0.25) is 5.32 Å². The fourth-order valence-electron chi connectivity index (χ4n) is 3.58. The van der Waals surface area contributed by atoms with Gasteiger partial charge in [-0.2, -0.15) is 0 Å². The minimum atomic E-state index is -0.669. The van der Waals surface area contributed by atoms with E-state index in [4.69, 9.17) is 18.6 Å². The quantitative estimate of drug-likeness (QED) is 0.522. The molecule has 0 atom stereocenters. The van der Waals surface area contributed by atoms with E-state index >= 15 is 0 Å². The number of anilines is 1. The van der Waals surface area contributed by atoms with Gasteiger partial charge in [-0.25, -0.2) is 9.18 Å². The first-order valence-electron chi connectivity index (χ1n) is 11.2. The Kier molecular flexibility index (Phi) is 6.51. The highest BCUT2D eigenvalue weighted by Crippen LogP contribution is 2.37. The summed E-state index contributed by atoms with van der Waals surface area (Å²) in [6.07, 6.45) is -0.395. The molecule has 1 saturated heterocycles. The Labute approximate surface area is 198 Å². The summed E-state index contributed by atoms with van der Waals surface area (Å²) in [6, 6.07) is 13.9. The fraction of sp³-hybridized carbons (Fsp3) is 0.360. The van der Waals surface area contributed by atoms with Crippen LogP contribution in [0.15, 0.2) is 53.1 Å². The number of halogens is 1. The van der Waals surface area contributed by atoms with Crippen molar-refractivity contribution >= 4 is 24.4 Å². The number of ether oxygens (including phenoxy) is 1. The molecule has 0 bridgehead atoms. The Bertz CT molecular complexity index is 1160. The van der Waals surface area contributed by atoms with Crippen molar-refractivity contribution < 1.29 is 27.8 Å². The van der Waals surface area contributed by atoms with Crippen molar-refractivity contribution in [3.05, 3.63) is 65.6 Å². The molecule has 1 aliphatic rings. The molecule has 2 heterocycles. The van der Waals surface area contributed by atoms with E-state index in [0.29, 0.717) is 22.7 Å². The lowest BCUT2D eigenvalue weighted by Crippen LogP contribution is -2.41. The summed E-state index contributed by atoms with van der Waals surface area (Å²) in [7, 11) is -0.475. The minimum Gasteiger partial charge on any atom is -0.449 e. The van der Waals surface area contributed by atoms with Crippen molar-refractivity contribution in [2.45, 2.75) is 52.2 Å². The van der Waals surface area contributed by atoms with E-state index in [1.54, 1.807) is 25.1 Å². The van der Waals surface area contributed by atoms with Gasteiger partial charge in [0, 0.05) is 12.0 Å². The molecule has 0 saturated carbocycles. The van der Waals surface area contributed by atoms with Gasteiger partial charge in [0.05, 0.1) is 17.8 Å². The maximum atomic E-state index is 13.7. The first-order valence-corrected chi connectivity index (χ1v) is 11.2. The number of carbonyl (C=O) groups is 1. The molecular formula is C25H28BFN2O5. The van der Waals surface area contributed by atoms with Gasteiger partial charge in [0.15, 0.2) is 5.76 Å². The summed E-state index contributed by atoms with van der Waals surface area (Å²) in [4.78, 5) is 12.3. The predicted molar refractivity (Wildman–Crippen MR) is 127 cm³/mol. The molecule has 1 amide bonds. The number of aromatic nitrogens is 1. The van der Waals surface area contributed by atoms with E-state index in [1.807, 2.05) is 52.0 Å². The third-order valence-corrected chi connectivity index (χ3v) is 6.35. The second-order valence-corrected chi connectivity index (χ2v) is 9.28. The summed E-state index contributed by atoms with van der Waals surface area (Å²) in [5.41, 5.74) is 2.15. The molecular weight excluding hydrogens is 438 g/mol. The summed E-state index contributed by atoms with van der Waals surface area (Å²) in [5, 5.41) is 6.67. The summed E-state index contributed by atoms with van der Waals surface area (Å²) in [5.74, 6) is 0.0803. The summed E-state index contributed by atoms with van der Waals surface area (Å²) in [6.45, 7) is 9.78. The predicted octanol–water partition coefficient (Wildman–Crippen LogP) is 4.88. The zero-order valence-corrected chi connectivity index (χ0v) is 20.0. The van der Waals surface area contributed by atoms with Crippen molar-refractivity contribution in [2.24, 2.45) is 0 Å². The molecule has 2 aromatic carbocycles. The van der Waals surface area contributed by atoms with E-state index in [0.717, 1.165) is 11.0 Å². The van der Waals surface area contributed by atoms with Gasteiger partial charge in [-0.1, -0.05) is 47.6 Å². The van der Waals surface area contributed by atoms with Crippen LogP contribution >= 0.6 is 0 Å². The number of aryl methyl sites for hydroxylation is 1. The Morgan fingerprint density at radius 3 is 2.35 bits per heavy atom. The summed E-state index contributed by atoms with van der Waals surface area (Å²) < 4.78 is 36.6. The van der Waals surface area contributed by atoms with Crippen molar-refractivity contribution in [3.63, 3.8) is 0 Å². The smallest absolute Gasteiger partial charge is 0.449 e. The molecule has 9 heteroatoms. The maximum absolute atomic E-state index is 13.7. The van der Waals surface area contributed by atoms with Crippen LogP contribution in [0.4, 0.5) is 14.9 Å². The molecule has 7 nitrogen and oxygen atoms in total. The normalized spacial score (nSPS) is 16.5. The van der Waals surface area contributed by atoms with Crippen LogP contribution in [0.25, 0.3) is 11.3 Å². The SMILES string of the molecule is Cc1noc(-c2ccc(B3OC(C)(C)C(C)(C)O3)cc2)c1NC(=O)OCCc1ccccc1F. The lowest BCUT2D eigenvalue weighted by Gasteiger charge is -2.32. The number of benzene rings is 2. The number of nitrogens with one attached hydrogen (secondary N) is 1. The number of carbonyl (C=O) groups excluding carboxylic acids is 1. The van der Waals surface area contributed by atoms with Crippen LogP contribution in [0.3, 0.4) is 0 Å². The van der Waals surface area contributed by atoms with E-state index in [-0.39, 0.29) is 18.8 Å². The Balaban J connectivity index is 1.41. The average Bonchev–Trinajstić information content (AvgIpc) is 3.24.